The molecule has 25 heavy (non-hydrogen) atoms. The quantitative estimate of drug-likeness (QED) is 0.478. The largest absolute Gasteiger partial charge is 0.143 e. The van der Waals surface area contributed by atoms with Crippen LogP contribution in [0, 0.1) is 0 Å². The van der Waals surface area contributed by atoms with Gasteiger partial charge in [-0.15, -0.1) is 12.6 Å². The lowest BCUT2D eigenvalue weighted by molar-refractivity contribution is 0.546. The summed E-state index contributed by atoms with van der Waals surface area (Å²) < 4.78 is 0. The van der Waals surface area contributed by atoms with Crippen LogP contribution in [0.25, 0.3) is 0 Å². The van der Waals surface area contributed by atoms with E-state index in [0.29, 0.717) is 0 Å². The second-order valence-electron chi connectivity index (χ2n) is 9.97. The van der Waals surface area contributed by atoms with E-state index in [0.717, 1.165) is 6.04 Å². The van der Waals surface area contributed by atoms with E-state index in [1.807, 2.05) is 0 Å². The van der Waals surface area contributed by atoms with Gasteiger partial charge in [-0.3, -0.25) is 0 Å². The molecule has 0 saturated carbocycles. The molecule has 0 N–H and O–H groups in total. The number of hydrogen-bond donors (Lipinski definition) is 1. The van der Waals surface area contributed by atoms with E-state index in [1.54, 1.807) is 0 Å². The maximum absolute atomic E-state index is 4.94. The van der Waals surface area contributed by atoms with Gasteiger partial charge in [0.15, 0.2) is 0 Å². The molecule has 0 saturated heterocycles. The fraction of sp³-hybridized carbons (Fsp3) is 0.478. The predicted octanol–water partition coefficient (Wildman–Crippen LogP) is 6.27. The van der Waals surface area contributed by atoms with Crippen LogP contribution in [0.3, 0.4) is 0 Å². The molecule has 0 unspecified atom stereocenters. The molecule has 0 radical (unpaired) electrons. The van der Waals surface area contributed by atoms with Crippen LogP contribution in [0.1, 0.15) is 58.2 Å². The highest BCUT2D eigenvalue weighted by atomic mass is 32.1. The second kappa shape index (κ2) is 6.96. The van der Waals surface area contributed by atoms with Gasteiger partial charge in [0.2, 0.25) is 0 Å². The summed E-state index contributed by atoms with van der Waals surface area (Å²) in [4.78, 5) is 1.17. The molecule has 0 atom stereocenters. The highest BCUT2D eigenvalue weighted by molar-refractivity contribution is 7.80. The first kappa shape index (κ1) is 20.3. The molecule has 0 nitrogen and oxygen atoms in total. The molecule has 2 aromatic rings. The Kier molecular flexibility index (Phi) is 5.66. The molecule has 0 aliphatic heterocycles. The van der Waals surface area contributed by atoms with Crippen LogP contribution in [0.5, 0.6) is 0 Å². The van der Waals surface area contributed by atoms with E-state index in [4.69, 9.17) is 12.6 Å². The standard InChI is InChI=1S/C23H34SSi/c1-22(2,3)19-14-17(15-20(21(19)24)23(4,5)6)16-25(7,8)18-12-10-9-11-13-18/h9-15,24H,16H2,1-8H3. The van der Waals surface area contributed by atoms with Crippen molar-refractivity contribution in [2.45, 2.75) is 76.4 Å². The van der Waals surface area contributed by atoms with Crippen LogP contribution in [0.2, 0.25) is 13.1 Å². The fourth-order valence-corrected chi connectivity index (χ4v) is 6.77. The van der Waals surface area contributed by atoms with E-state index in [2.05, 4.69) is 97.1 Å². The molecule has 2 aromatic carbocycles. The molecule has 0 heterocycles. The average Bonchev–Trinajstić information content (AvgIpc) is 2.47. The van der Waals surface area contributed by atoms with Gasteiger partial charge < -0.3 is 0 Å². The topological polar surface area (TPSA) is 0 Å². The lowest BCUT2D eigenvalue weighted by Gasteiger charge is -2.31. The van der Waals surface area contributed by atoms with E-state index in [9.17, 15) is 0 Å². The normalized spacial score (nSPS) is 13.2. The second-order valence-corrected chi connectivity index (χ2v) is 15.1. The molecular weight excluding hydrogens is 336 g/mol. The van der Waals surface area contributed by atoms with Gasteiger partial charge in [0.1, 0.15) is 0 Å². The van der Waals surface area contributed by atoms with Crippen LogP contribution < -0.4 is 5.19 Å². The first-order valence-electron chi connectivity index (χ1n) is 9.25. The minimum absolute atomic E-state index is 0.103. The van der Waals surface area contributed by atoms with Crippen molar-refractivity contribution in [2.75, 3.05) is 0 Å². The van der Waals surface area contributed by atoms with E-state index < -0.39 is 8.07 Å². The van der Waals surface area contributed by atoms with E-state index in [1.165, 1.54) is 26.8 Å². The van der Waals surface area contributed by atoms with Crippen molar-refractivity contribution in [2.24, 2.45) is 0 Å². The van der Waals surface area contributed by atoms with Crippen LogP contribution >= 0.6 is 12.6 Å². The summed E-state index contributed by atoms with van der Waals surface area (Å²) in [7, 11) is -1.53. The molecule has 0 amide bonds. The van der Waals surface area contributed by atoms with Crippen LogP contribution in [-0.2, 0) is 16.9 Å². The Morgan fingerprint density at radius 3 is 1.64 bits per heavy atom. The molecule has 2 heteroatoms. The van der Waals surface area contributed by atoms with Crippen LogP contribution in [0.15, 0.2) is 47.4 Å². The summed E-state index contributed by atoms with van der Waals surface area (Å²) in [6, 6.07) is 17.0. The number of hydrogen-bond acceptors (Lipinski definition) is 1. The molecule has 0 aliphatic rings. The third kappa shape index (κ3) is 4.80. The Labute approximate surface area is 161 Å². The van der Waals surface area contributed by atoms with Gasteiger partial charge in [-0.05, 0) is 33.6 Å². The monoisotopic (exact) mass is 370 g/mol. The van der Waals surface area contributed by atoms with E-state index in [-0.39, 0.29) is 10.8 Å². The molecule has 0 bridgehead atoms. The maximum Gasteiger partial charge on any atom is 0.0849 e. The summed E-state index contributed by atoms with van der Waals surface area (Å²) in [5, 5.41) is 1.53. The Morgan fingerprint density at radius 1 is 0.800 bits per heavy atom. The van der Waals surface area contributed by atoms with Crippen molar-refractivity contribution in [3.63, 3.8) is 0 Å². The number of rotatable bonds is 3. The lowest BCUT2D eigenvalue weighted by Crippen LogP contribution is -2.44. The fourth-order valence-electron chi connectivity index (χ4n) is 3.44. The van der Waals surface area contributed by atoms with Crippen molar-refractivity contribution >= 4 is 25.9 Å². The molecule has 0 spiro atoms. The van der Waals surface area contributed by atoms with Crippen molar-refractivity contribution in [3.05, 3.63) is 59.2 Å². The van der Waals surface area contributed by atoms with Crippen molar-refractivity contribution < 1.29 is 0 Å². The average molecular weight is 371 g/mol. The third-order valence-electron chi connectivity index (χ3n) is 4.99. The number of thiol groups is 1. The predicted molar refractivity (Wildman–Crippen MR) is 118 cm³/mol. The molecular formula is C23H34SSi. The van der Waals surface area contributed by atoms with Gasteiger partial charge in [-0.1, -0.05) is 102 Å². The van der Waals surface area contributed by atoms with Gasteiger partial charge in [-0.2, -0.15) is 0 Å². The zero-order valence-electron chi connectivity index (χ0n) is 17.2. The molecule has 136 valence electrons. The molecule has 0 aromatic heterocycles. The summed E-state index contributed by atoms with van der Waals surface area (Å²) in [6.07, 6.45) is 0. The molecule has 2 rings (SSSR count). The minimum atomic E-state index is -1.53. The van der Waals surface area contributed by atoms with Gasteiger partial charge in [-0.25, -0.2) is 0 Å². The van der Waals surface area contributed by atoms with Gasteiger partial charge in [0.05, 0.1) is 8.07 Å². The zero-order chi connectivity index (χ0) is 19.0. The maximum atomic E-state index is 4.94. The molecule has 0 aliphatic carbocycles. The molecule has 0 fully saturated rings. The first-order chi connectivity index (χ1) is 11.3. The highest BCUT2D eigenvalue weighted by Crippen LogP contribution is 2.37. The third-order valence-corrected chi connectivity index (χ3v) is 8.66. The summed E-state index contributed by atoms with van der Waals surface area (Å²) in [6.45, 7) is 18.7. The first-order valence-corrected chi connectivity index (χ1v) is 12.9. The summed E-state index contributed by atoms with van der Waals surface area (Å²) >= 11 is 4.94. The lowest BCUT2D eigenvalue weighted by atomic mass is 9.79. The van der Waals surface area contributed by atoms with Crippen molar-refractivity contribution in [1.82, 2.24) is 0 Å². The Balaban J connectivity index is 2.55. The minimum Gasteiger partial charge on any atom is -0.143 e. The summed E-state index contributed by atoms with van der Waals surface area (Å²) in [5.41, 5.74) is 4.41. The van der Waals surface area contributed by atoms with Gasteiger partial charge in [0.25, 0.3) is 0 Å². The summed E-state index contributed by atoms with van der Waals surface area (Å²) in [5.74, 6) is 0. The number of benzene rings is 2. The SMILES string of the molecule is CC(C)(C)c1cc(C[Si](C)(C)c2ccccc2)cc(C(C)(C)C)c1S. The smallest absolute Gasteiger partial charge is 0.0849 e. The van der Waals surface area contributed by atoms with Crippen LogP contribution in [-0.4, -0.2) is 8.07 Å². The Bertz CT molecular complexity index is 696. The van der Waals surface area contributed by atoms with Crippen molar-refractivity contribution in [1.29, 1.82) is 0 Å². The van der Waals surface area contributed by atoms with E-state index >= 15 is 0 Å². The highest BCUT2D eigenvalue weighted by Gasteiger charge is 2.28. The van der Waals surface area contributed by atoms with Crippen LogP contribution in [0.4, 0.5) is 0 Å². The van der Waals surface area contributed by atoms with Gasteiger partial charge in [0, 0.05) is 4.90 Å². The Morgan fingerprint density at radius 2 is 1.24 bits per heavy atom. The van der Waals surface area contributed by atoms with Crippen molar-refractivity contribution in [3.8, 4) is 0 Å². The van der Waals surface area contributed by atoms with Gasteiger partial charge >= 0.3 is 0 Å². The zero-order valence-corrected chi connectivity index (χ0v) is 19.1. The Hall–Kier alpha value is -0.993.